The molecule has 0 aliphatic heterocycles. The van der Waals surface area contributed by atoms with E-state index in [4.69, 9.17) is 23.7 Å². The highest BCUT2D eigenvalue weighted by Gasteiger charge is 2.13. The van der Waals surface area contributed by atoms with Crippen molar-refractivity contribution in [3.8, 4) is 28.7 Å². The van der Waals surface area contributed by atoms with Gasteiger partial charge in [-0.15, -0.1) is 0 Å². The Kier molecular flexibility index (Phi) is 12.5. The highest BCUT2D eigenvalue weighted by molar-refractivity contribution is 9.11. The molecular weight excluding hydrogens is 740 g/mol. The number of ether oxygens (including phenoxy) is 5. The normalized spacial score (nSPS) is 10.8. The van der Waals surface area contributed by atoms with Crippen LogP contribution in [0.5, 0.6) is 28.7 Å². The third-order valence-electron chi connectivity index (χ3n) is 6.99. The number of methoxy groups -OCH3 is 1. The van der Waals surface area contributed by atoms with Gasteiger partial charge in [-0.2, -0.15) is 5.10 Å². The molecule has 0 fully saturated rings. The average molecular weight is 775 g/mol. The number of nitrogens with one attached hydrogen (secondary N) is 1. The quantitative estimate of drug-likeness (QED) is 0.0844. The molecule has 0 atom stereocenters. The predicted molar refractivity (Wildman–Crippen MR) is 193 cm³/mol. The Hall–Kier alpha value is -4.80. The SMILES string of the molecule is CCOc1cc(COc2c(Br)cc(/C=N/NC(=O)c3ccc(OCc4ccccc4)c(OC)c3)cc2Br)ccc1OCc1ccccc1. The molecule has 10 heteroatoms. The maximum absolute atomic E-state index is 12.8. The van der Waals surface area contributed by atoms with E-state index in [0.29, 0.717) is 69.7 Å². The van der Waals surface area contributed by atoms with Gasteiger partial charge in [0.2, 0.25) is 0 Å². The molecule has 246 valence electrons. The lowest BCUT2D eigenvalue weighted by atomic mass is 10.2. The standard InChI is InChI=1S/C38H34Br2N2O6/c1-3-45-36-20-28(14-16-34(36)47-24-27-12-8-5-9-13-27)25-48-37-31(39)18-29(19-32(37)40)22-41-42-38(43)30-15-17-33(35(21-30)44-2)46-23-26-10-6-4-7-11-26/h4-22H,3,23-25H2,1-2H3,(H,42,43)/b41-22+. The second-order valence-electron chi connectivity index (χ2n) is 10.4. The molecule has 5 aromatic rings. The predicted octanol–water partition coefficient (Wildman–Crippen LogP) is 9.12. The van der Waals surface area contributed by atoms with Crippen LogP contribution in [0.25, 0.3) is 0 Å². The highest BCUT2D eigenvalue weighted by atomic mass is 79.9. The molecule has 0 unspecified atom stereocenters. The molecular formula is C38H34Br2N2O6. The van der Waals surface area contributed by atoms with Gasteiger partial charge in [-0.1, -0.05) is 66.7 Å². The summed E-state index contributed by atoms with van der Waals surface area (Å²) in [5.41, 5.74) is 6.71. The number of halogens is 2. The smallest absolute Gasteiger partial charge is 0.271 e. The third kappa shape index (κ3) is 9.62. The van der Waals surface area contributed by atoms with Crippen molar-refractivity contribution in [2.24, 2.45) is 5.10 Å². The molecule has 0 aliphatic rings. The van der Waals surface area contributed by atoms with Crippen LogP contribution in [0, 0.1) is 0 Å². The van der Waals surface area contributed by atoms with Crippen LogP contribution in [0.4, 0.5) is 0 Å². The summed E-state index contributed by atoms with van der Waals surface area (Å²) in [6.45, 7) is 3.58. The number of carbonyl (C=O) groups is 1. The van der Waals surface area contributed by atoms with Gasteiger partial charge in [0, 0.05) is 5.56 Å². The van der Waals surface area contributed by atoms with E-state index in [0.717, 1.165) is 22.3 Å². The van der Waals surface area contributed by atoms with Gasteiger partial charge >= 0.3 is 0 Å². The van der Waals surface area contributed by atoms with Crippen molar-refractivity contribution < 1.29 is 28.5 Å². The fourth-order valence-electron chi connectivity index (χ4n) is 4.61. The zero-order valence-electron chi connectivity index (χ0n) is 26.5. The lowest BCUT2D eigenvalue weighted by Crippen LogP contribution is -2.17. The maximum Gasteiger partial charge on any atom is 0.271 e. The number of hydrazone groups is 1. The Balaban J connectivity index is 1.17. The number of hydrogen-bond acceptors (Lipinski definition) is 7. The number of rotatable bonds is 15. The number of amides is 1. The van der Waals surface area contributed by atoms with Crippen molar-refractivity contribution >= 4 is 44.0 Å². The van der Waals surface area contributed by atoms with Crippen LogP contribution in [0.1, 0.15) is 39.5 Å². The zero-order chi connectivity index (χ0) is 33.7. The summed E-state index contributed by atoms with van der Waals surface area (Å²) >= 11 is 7.20. The van der Waals surface area contributed by atoms with Gasteiger partial charge in [0.1, 0.15) is 25.6 Å². The van der Waals surface area contributed by atoms with Crippen molar-refractivity contribution in [1.82, 2.24) is 5.43 Å². The van der Waals surface area contributed by atoms with E-state index < -0.39 is 0 Å². The average Bonchev–Trinajstić information content (AvgIpc) is 3.11. The van der Waals surface area contributed by atoms with Gasteiger partial charge in [-0.25, -0.2) is 5.43 Å². The molecule has 5 rings (SSSR count). The Morgan fingerprint density at radius 1 is 0.667 bits per heavy atom. The second-order valence-corrected chi connectivity index (χ2v) is 12.1. The lowest BCUT2D eigenvalue weighted by molar-refractivity contribution is 0.0954. The molecule has 0 heterocycles. The molecule has 0 saturated heterocycles. The molecule has 0 bridgehead atoms. The van der Waals surface area contributed by atoms with Crippen LogP contribution >= 0.6 is 31.9 Å². The van der Waals surface area contributed by atoms with Gasteiger partial charge in [-0.3, -0.25) is 4.79 Å². The van der Waals surface area contributed by atoms with Crippen LogP contribution in [0.15, 0.2) is 123 Å². The summed E-state index contributed by atoms with van der Waals surface area (Å²) < 4.78 is 30.8. The van der Waals surface area contributed by atoms with Crippen molar-refractivity contribution in [3.05, 3.63) is 146 Å². The summed E-state index contributed by atoms with van der Waals surface area (Å²) in [7, 11) is 1.53. The van der Waals surface area contributed by atoms with Crippen molar-refractivity contribution in [1.29, 1.82) is 0 Å². The summed E-state index contributed by atoms with van der Waals surface area (Å²) in [4.78, 5) is 12.8. The van der Waals surface area contributed by atoms with Crippen molar-refractivity contribution in [2.75, 3.05) is 13.7 Å². The molecule has 5 aromatic carbocycles. The van der Waals surface area contributed by atoms with Gasteiger partial charge < -0.3 is 23.7 Å². The largest absolute Gasteiger partial charge is 0.493 e. The minimum absolute atomic E-state index is 0.305. The first kappa shape index (κ1) is 34.5. The molecule has 0 aliphatic carbocycles. The first-order valence-corrected chi connectivity index (χ1v) is 16.7. The van der Waals surface area contributed by atoms with Gasteiger partial charge in [-0.05, 0) is 104 Å². The topological polar surface area (TPSA) is 87.6 Å². The van der Waals surface area contributed by atoms with Gasteiger partial charge in [0.15, 0.2) is 23.0 Å². The van der Waals surface area contributed by atoms with Crippen LogP contribution < -0.4 is 29.1 Å². The molecule has 0 aromatic heterocycles. The molecule has 48 heavy (non-hydrogen) atoms. The molecule has 0 radical (unpaired) electrons. The number of benzene rings is 5. The Morgan fingerprint density at radius 3 is 1.85 bits per heavy atom. The molecule has 0 saturated carbocycles. The second kappa shape index (κ2) is 17.4. The van der Waals surface area contributed by atoms with E-state index in [1.807, 2.05) is 97.9 Å². The van der Waals surface area contributed by atoms with Crippen molar-refractivity contribution in [3.63, 3.8) is 0 Å². The van der Waals surface area contributed by atoms with E-state index in [-0.39, 0.29) is 5.91 Å². The van der Waals surface area contributed by atoms with Gasteiger partial charge in [0.05, 0.1) is 28.9 Å². The van der Waals surface area contributed by atoms with Gasteiger partial charge in [0.25, 0.3) is 5.91 Å². The van der Waals surface area contributed by atoms with E-state index in [1.54, 1.807) is 24.4 Å². The minimum atomic E-state index is -0.389. The monoisotopic (exact) mass is 772 g/mol. The lowest BCUT2D eigenvalue weighted by Gasteiger charge is -2.15. The first-order chi connectivity index (χ1) is 23.4. The Morgan fingerprint density at radius 2 is 1.25 bits per heavy atom. The van der Waals surface area contributed by atoms with E-state index in [2.05, 4.69) is 42.4 Å². The van der Waals surface area contributed by atoms with E-state index >= 15 is 0 Å². The number of hydrogen-bond donors (Lipinski definition) is 1. The molecule has 8 nitrogen and oxygen atoms in total. The third-order valence-corrected chi connectivity index (χ3v) is 8.17. The van der Waals surface area contributed by atoms with E-state index in [1.165, 1.54) is 7.11 Å². The Labute approximate surface area is 296 Å². The van der Waals surface area contributed by atoms with Crippen LogP contribution in [0.3, 0.4) is 0 Å². The molecule has 0 spiro atoms. The highest BCUT2D eigenvalue weighted by Crippen LogP contribution is 2.36. The van der Waals surface area contributed by atoms with Crippen molar-refractivity contribution in [2.45, 2.75) is 26.7 Å². The Bertz CT molecular complexity index is 1830. The van der Waals surface area contributed by atoms with Crippen LogP contribution in [0.2, 0.25) is 0 Å². The fourth-order valence-corrected chi connectivity index (χ4v) is 6.06. The zero-order valence-corrected chi connectivity index (χ0v) is 29.6. The number of carbonyl (C=O) groups excluding carboxylic acids is 1. The maximum atomic E-state index is 12.8. The van der Waals surface area contributed by atoms with Crippen LogP contribution in [-0.4, -0.2) is 25.8 Å². The minimum Gasteiger partial charge on any atom is -0.493 e. The fraction of sp³-hybridized carbons (Fsp3) is 0.158. The van der Waals surface area contributed by atoms with E-state index in [9.17, 15) is 4.79 Å². The number of nitrogens with zero attached hydrogens (tertiary/aromatic N) is 1. The summed E-state index contributed by atoms with van der Waals surface area (Å²) in [5, 5.41) is 4.14. The molecule has 1 amide bonds. The van der Waals surface area contributed by atoms with Crippen LogP contribution in [-0.2, 0) is 19.8 Å². The molecule has 1 N–H and O–H groups in total. The first-order valence-electron chi connectivity index (χ1n) is 15.2. The summed E-state index contributed by atoms with van der Waals surface area (Å²) in [6.07, 6.45) is 1.55. The summed E-state index contributed by atoms with van der Waals surface area (Å²) in [6, 6.07) is 34.3. The summed E-state index contributed by atoms with van der Waals surface area (Å²) in [5.74, 6) is 2.56.